The molecule has 1 aromatic carbocycles. The third-order valence-corrected chi connectivity index (χ3v) is 2.01. The van der Waals surface area contributed by atoms with Crippen LogP contribution in [0.25, 0.3) is 0 Å². The number of hydrogen-bond donors (Lipinski definition) is 2. The molecule has 18 heavy (non-hydrogen) atoms. The molecule has 0 aliphatic carbocycles. The summed E-state index contributed by atoms with van der Waals surface area (Å²) in [7, 11) is 0. The summed E-state index contributed by atoms with van der Waals surface area (Å²) in [6, 6.07) is 5.70. The van der Waals surface area contributed by atoms with E-state index in [9.17, 15) is 14.0 Å². The molecule has 0 saturated heterocycles. The third kappa shape index (κ3) is 4.82. The Morgan fingerprint density at radius 2 is 1.83 bits per heavy atom. The van der Waals surface area contributed by atoms with Crippen LogP contribution in [0.5, 0.6) is 0 Å². The van der Waals surface area contributed by atoms with Crippen LogP contribution in [0.1, 0.15) is 10.4 Å². The van der Waals surface area contributed by atoms with Crippen LogP contribution in [0.2, 0.25) is 0 Å². The minimum atomic E-state index is -0.569. The number of halogens is 1. The van der Waals surface area contributed by atoms with E-state index >= 15 is 0 Å². The first-order valence-corrected chi connectivity index (χ1v) is 5.08. The maximum atomic E-state index is 13.2. The molecule has 0 aromatic heterocycles. The summed E-state index contributed by atoms with van der Waals surface area (Å²) in [6.45, 7) is 3.78. The van der Waals surface area contributed by atoms with Crippen molar-refractivity contribution >= 4 is 20.2 Å². The maximum Gasteiger partial charge on any atom is 0.254 e. The Labute approximate surface area is 107 Å². The van der Waals surface area contributed by atoms with Crippen molar-refractivity contribution in [3.63, 3.8) is 0 Å². The Morgan fingerprint density at radius 3 is 2.44 bits per heavy atom. The van der Waals surface area contributed by atoms with E-state index in [1.165, 1.54) is 18.2 Å². The molecule has 0 bridgehead atoms. The lowest BCUT2D eigenvalue weighted by Crippen LogP contribution is -2.34. The highest BCUT2D eigenvalue weighted by atomic mass is 19.1. The van der Waals surface area contributed by atoms with E-state index in [2.05, 4.69) is 17.2 Å². The summed E-state index contributed by atoms with van der Waals surface area (Å²) in [5, 5.41) is 4.98. The number of carbonyl (C=O) groups excluding carboxylic acids is 2. The number of rotatable bonds is 5. The second-order valence-corrected chi connectivity index (χ2v) is 3.23. The fourth-order valence-electron chi connectivity index (χ4n) is 1.17. The van der Waals surface area contributed by atoms with Crippen LogP contribution < -0.4 is 10.6 Å². The zero-order valence-electron chi connectivity index (χ0n) is 9.78. The fourth-order valence-corrected chi connectivity index (χ4v) is 1.17. The van der Waals surface area contributed by atoms with E-state index in [1.807, 2.05) is 0 Å². The van der Waals surface area contributed by atoms with E-state index in [0.717, 1.165) is 6.08 Å². The third-order valence-electron chi connectivity index (χ3n) is 2.01. The molecule has 0 heterocycles. The SMILES string of the molecule is C=CC(=O)NCCNC(=O)c1ccccc1F.[B]. The summed E-state index contributed by atoms with van der Waals surface area (Å²) in [6.07, 6.45) is 1.14. The molecule has 2 N–H and O–H groups in total. The second-order valence-electron chi connectivity index (χ2n) is 3.23. The number of amides is 2. The Bertz CT molecular complexity index is 438. The van der Waals surface area contributed by atoms with Gasteiger partial charge in [-0.05, 0) is 18.2 Å². The molecular weight excluding hydrogens is 234 g/mol. The van der Waals surface area contributed by atoms with Crippen LogP contribution in [-0.2, 0) is 4.79 Å². The highest BCUT2D eigenvalue weighted by molar-refractivity contribution is 5.94. The summed E-state index contributed by atoms with van der Waals surface area (Å²) in [5.74, 6) is -1.39. The number of nitrogens with one attached hydrogen (secondary N) is 2. The molecule has 0 spiro atoms. The second kappa shape index (κ2) is 8.05. The zero-order chi connectivity index (χ0) is 12.7. The average molecular weight is 247 g/mol. The van der Waals surface area contributed by atoms with Crippen molar-refractivity contribution in [1.29, 1.82) is 0 Å². The number of hydrogen-bond acceptors (Lipinski definition) is 2. The summed E-state index contributed by atoms with van der Waals surface area (Å²) in [4.78, 5) is 22.3. The van der Waals surface area contributed by atoms with Crippen LogP contribution in [0.3, 0.4) is 0 Å². The van der Waals surface area contributed by atoms with Crippen molar-refractivity contribution in [3.05, 3.63) is 48.3 Å². The van der Waals surface area contributed by atoms with Gasteiger partial charge in [0.05, 0.1) is 5.56 Å². The predicted molar refractivity (Wildman–Crippen MR) is 67.7 cm³/mol. The average Bonchev–Trinajstić information content (AvgIpc) is 2.34. The van der Waals surface area contributed by atoms with E-state index in [0.29, 0.717) is 0 Å². The number of benzene rings is 1. The Kier molecular flexibility index (Phi) is 7.11. The first kappa shape index (κ1) is 15.9. The normalized spacial score (nSPS) is 8.94. The van der Waals surface area contributed by atoms with Crippen molar-refractivity contribution in [1.82, 2.24) is 10.6 Å². The van der Waals surface area contributed by atoms with Crippen LogP contribution in [0.15, 0.2) is 36.9 Å². The van der Waals surface area contributed by atoms with Gasteiger partial charge in [0.15, 0.2) is 0 Å². The van der Waals surface area contributed by atoms with E-state index in [4.69, 9.17) is 0 Å². The molecule has 0 aliphatic rings. The van der Waals surface area contributed by atoms with Gasteiger partial charge in [0.25, 0.3) is 5.91 Å². The lowest BCUT2D eigenvalue weighted by molar-refractivity contribution is -0.116. The lowest BCUT2D eigenvalue weighted by Gasteiger charge is -2.06. The summed E-state index contributed by atoms with van der Waals surface area (Å²) < 4.78 is 13.2. The van der Waals surface area contributed by atoms with Crippen molar-refractivity contribution in [2.75, 3.05) is 13.1 Å². The van der Waals surface area contributed by atoms with Gasteiger partial charge < -0.3 is 10.6 Å². The highest BCUT2D eigenvalue weighted by Crippen LogP contribution is 2.05. The van der Waals surface area contributed by atoms with Crippen LogP contribution >= 0.6 is 0 Å². The fraction of sp³-hybridized carbons (Fsp3) is 0.167. The molecule has 3 radical (unpaired) electrons. The minimum Gasteiger partial charge on any atom is -0.351 e. The molecular formula is C12H13BFN2O2. The van der Waals surface area contributed by atoms with Gasteiger partial charge in [0.2, 0.25) is 5.91 Å². The Morgan fingerprint density at radius 1 is 1.22 bits per heavy atom. The smallest absolute Gasteiger partial charge is 0.254 e. The Hall–Kier alpha value is -2.11. The predicted octanol–water partition coefficient (Wildman–Crippen LogP) is 0.477. The van der Waals surface area contributed by atoms with Crippen LogP contribution in [0.4, 0.5) is 4.39 Å². The van der Waals surface area contributed by atoms with Gasteiger partial charge in [-0.1, -0.05) is 18.7 Å². The van der Waals surface area contributed by atoms with Gasteiger partial charge >= 0.3 is 0 Å². The first-order chi connectivity index (χ1) is 8.15. The van der Waals surface area contributed by atoms with Gasteiger partial charge in [-0.3, -0.25) is 9.59 Å². The standard InChI is InChI=1S/C12H13FN2O2.B/c1-2-11(16)14-7-8-15-12(17)9-5-3-4-6-10(9)13;/h2-6H,1,7-8H2,(H,14,16)(H,15,17);. The molecule has 0 aliphatic heterocycles. The topological polar surface area (TPSA) is 58.2 Å². The molecule has 93 valence electrons. The summed E-state index contributed by atoms with van der Waals surface area (Å²) >= 11 is 0. The lowest BCUT2D eigenvalue weighted by atomic mass is 10.2. The van der Waals surface area contributed by atoms with Crippen LogP contribution in [-0.4, -0.2) is 33.3 Å². The maximum absolute atomic E-state index is 13.2. The Balaban J connectivity index is 0.00000289. The molecule has 6 heteroatoms. The zero-order valence-corrected chi connectivity index (χ0v) is 9.78. The molecule has 0 fully saturated rings. The van der Waals surface area contributed by atoms with Crippen molar-refractivity contribution < 1.29 is 14.0 Å². The van der Waals surface area contributed by atoms with Gasteiger partial charge in [-0.25, -0.2) is 4.39 Å². The number of carbonyl (C=O) groups is 2. The molecule has 2 amide bonds. The van der Waals surface area contributed by atoms with Gasteiger partial charge in [-0.2, -0.15) is 0 Å². The summed E-state index contributed by atoms with van der Waals surface area (Å²) in [5.41, 5.74) is -0.0115. The molecule has 0 atom stereocenters. The molecule has 0 unspecified atom stereocenters. The molecule has 1 aromatic rings. The minimum absolute atomic E-state index is 0. The van der Waals surface area contributed by atoms with Crippen molar-refractivity contribution in [2.45, 2.75) is 0 Å². The largest absolute Gasteiger partial charge is 0.351 e. The first-order valence-electron chi connectivity index (χ1n) is 5.08. The molecule has 1 rings (SSSR count). The van der Waals surface area contributed by atoms with E-state index < -0.39 is 11.7 Å². The van der Waals surface area contributed by atoms with Gasteiger partial charge in [0, 0.05) is 21.5 Å². The molecule has 0 saturated carbocycles. The van der Waals surface area contributed by atoms with Gasteiger partial charge in [-0.15, -0.1) is 0 Å². The monoisotopic (exact) mass is 247 g/mol. The van der Waals surface area contributed by atoms with Crippen LogP contribution in [0, 0.1) is 5.82 Å². The van der Waals surface area contributed by atoms with Gasteiger partial charge in [0.1, 0.15) is 5.82 Å². The van der Waals surface area contributed by atoms with Crippen molar-refractivity contribution in [2.24, 2.45) is 0 Å². The quantitative estimate of drug-likeness (QED) is 0.451. The van der Waals surface area contributed by atoms with E-state index in [-0.39, 0.29) is 33.0 Å². The highest BCUT2D eigenvalue weighted by Gasteiger charge is 2.09. The molecule has 4 nitrogen and oxygen atoms in total. The van der Waals surface area contributed by atoms with E-state index in [1.54, 1.807) is 6.07 Å². The van der Waals surface area contributed by atoms with Crippen molar-refractivity contribution in [3.8, 4) is 0 Å².